The third kappa shape index (κ3) is 4.17. The van der Waals surface area contributed by atoms with Gasteiger partial charge in [0.1, 0.15) is 0 Å². The molecule has 1 fully saturated rings. The fourth-order valence-electron chi connectivity index (χ4n) is 2.33. The van der Waals surface area contributed by atoms with Gasteiger partial charge in [-0.05, 0) is 5.56 Å². The van der Waals surface area contributed by atoms with Crippen LogP contribution in [0.2, 0.25) is 0 Å². The molecule has 0 saturated carbocycles. The number of nitrogens with one attached hydrogen (secondary N) is 1. The Kier molecular flexibility index (Phi) is 5.17. The predicted molar refractivity (Wildman–Crippen MR) is 83.0 cm³/mol. The number of hydrogen-bond donors (Lipinski definition) is 1. The minimum atomic E-state index is -0.462. The molecule has 126 valence electrons. The van der Waals surface area contributed by atoms with Gasteiger partial charge in [0.25, 0.3) is 0 Å². The van der Waals surface area contributed by atoms with Crippen LogP contribution in [0.5, 0.6) is 0 Å². The van der Waals surface area contributed by atoms with Crippen molar-refractivity contribution < 1.29 is 18.8 Å². The van der Waals surface area contributed by atoms with E-state index in [0.29, 0.717) is 32.8 Å². The average Bonchev–Trinajstić information content (AvgIpc) is 3.10. The van der Waals surface area contributed by atoms with Crippen molar-refractivity contribution in [2.45, 2.75) is 13.0 Å². The predicted octanol–water partition coefficient (Wildman–Crippen LogP) is 0.401. The number of hydrogen-bond acceptors (Lipinski definition) is 6. The van der Waals surface area contributed by atoms with Crippen molar-refractivity contribution in [3.8, 4) is 0 Å². The monoisotopic (exact) mass is 330 g/mol. The van der Waals surface area contributed by atoms with Crippen molar-refractivity contribution in [3.63, 3.8) is 0 Å². The van der Waals surface area contributed by atoms with Gasteiger partial charge in [0.05, 0.1) is 19.6 Å². The molecular weight excluding hydrogens is 312 g/mol. The van der Waals surface area contributed by atoms with Gasteiger partial charge in [0, 0.05) is 19.6 Å². The van der Waals surface area contributed by atoms with Crippen LogP contribution in [-0.4, -0.2) is 53.2 Å². The summed E-state index contributed by atoms with van der Waals surface area (Å²) in [7, 11) is 0. The van der Waals surface area contributed by atoms with Crippen LogP contribution in [0.4, 0.5) is 0 Å². The molecule has 0 unspecified atom stereocenters. The number of nitrogens with zero attached hydrogens (tertiary/aromatic N) is 3. The Balaban J connectivity index is 1.52. The van der Waals surface area contributed by atoms with Crippen LogP contribution in [0.1, 0.15) is 22.1 Å². The lowest BCUT2D eigenvalue weighted by atomic mass is 10.2. The summed E-state index contributed by atoms with van der Waals surface area (Å²) >= 11 is 0. The van der Waals surface area contributed by atoms with Crippen molar-refractivity contribution in [1.29, 1.82) is 0 Å². The van der Waals surface area contributed by atoms with Gasteiger partial charge >= 0.3 is 11.8 Å². The lowest BCUT2D eigenvalue weighted by Gasteiger charge is -2.26. The Morgan fingerprint density at radius 1 is 1.17 bits per heavy atom. The van der Waals surface area contributed by atoms with E-state index >= 15 is 0 Å². The maximum Gasteiger partial charge on any atom is 0.315 e. The number of morpholine rings is 1. The summed E-state index contributed by atoms with van der Waals surface area (Å²) in [6.45, 7) is 2.54. The van der Waals surface area contributed by atoms with E-state index in [9.17, 15) is 9.59 Å². The number of ether oxygens (including phenoxy) is 1. The number of rotatable bonds is 5. The van der Waals surface area contributed by atoms with Crippen LogP contribution in [0, 0.1) is 0 Å². The van der Waals surface area contributed by atoms with E-state index in [2.05, 4.69) is 15.5 Å². The van der Waals surface area contributed by atoms with E-state index < -0.39 is 5.91 Å². The minimum absolute atomic E-state index is 0.00939. The van der Waals surface area contributed by atoms with Crippen LogP contribution in [0.25, 0.3) is 0 Å². The third-order valence-electron chi connectivity index (χ3n) is 3.63. The SMILES string of the molecule is O=C(NCc1ccccc1)c1nc(CC(=O)N2CCOCC2)no1. The highest BCUT2D eigenvalue weighted by atomic mass is 16.5. The normalized spacial score (nSPS) is 14.4. The largest absolute Gasteiger partial charge is 0.378 e. The smallest absolute Gasteiger partial charge is 0.315 e. The Bertz CT molecular complexity index is 695. The first-order chi connectivity index (χ1) is 11.7. The van der Waals surface area contributed by atoms with E-state index in [1.54, 1.807) is 4.90 Å². The maximum absolute atomic E-state index is 12.1. The fourth-order valence-corrected chi connectivity index (χ4v) is 2.33. The van der Waals surface area contributed by atoms with Gasteiger partial charge in [-0.3, -0.25) is 9.59 Å². The van der Waals surface area contributed by atoms with E-state index in [0.717, 1.165) is 5.56 Å². The molecule has 2 amide bonds. The van der Waals surface area contributed by atoms with Gasteiger partial charge < -0.3 is 19.5 Å². The second kappa shape index (κ2) is 7.69. The van der Waals surface area contributed by atoms with Crippen molar-refractivity contribution in [1.82, 2.24) is 20.4 Å². The van der Waals surface area contributed by atoms with Crippen LogP contribution in [-0.2, 0) is 22.5 Å². The first-order valence-corrected chi connectivity index (χ1v) is 7.72. The van der Waals surface area contributed by atoms with Crippen molar-refractivity contribution in [3.05, 3.63) is 47.6 Å². The van der Waals surface area contributed by atoms with Crippen molar-refractivity contribution >= 4 is 11.8 Å². The van der Waals surface area contributed by atoms with E-state index in [4.69, 9.17) is 9.26 Å². The quantitative estimate of drug-likeness (QED) is 0.852. The summed E-state index contributed by atoms with van der Waals surface area (Å²) in [5, 5.41) is 6.40. The standard InChI is InChI=1S/C16H18N4O4/c21-14(20-6-8-23-9-7-20)10-13-18-16(24-19-13)15(22)17-11-12-4-2-1-3-5-12/h1-5H,6-11H2,(H,17,22). The molecule has 3 rings (SSSR count). The molecule has 0 spiro atoms. The highest BCUT2D eigenvalue weighted by Crippen LogP contribution is 2.04. The molecule has 1 saturated heterocycles. The summed E-state index contributed by atoms with van der Waals surface area (Å²) in [6.07, 6.45) is 0.00939. The Morgan fingerprint density at radius 3 is 2.67 bits per heavy atom. The molecule has 1 aromatic heterocycles. The van der Waals surface area contributed by atoms with Crippen LogP contribution in [0.15, 0.2) is 34.9 Å². The number of amides is 2. The third-order valence-corrected chi connectivity index (χ3v) is 3.63. The Labute approximate surface area is 138 Å². The van der Waals surface area contributed by atoms with Crippen LogP contribution in [0.3, 0.4) is 0 Å². The average molecular weight is 330 g/mol. The molecule has 24 heavy (non-hydrogen) atoms. The van der Waals surface area contributed by atoms with Crippen molar-refractivity contribution in [2.24, 2.45) is 0 Å². The second-order valence-electron chi connectivity index (χ2n) is 5.35. The van der Waals surface area contributed by atoms with E-state index in [1.807, 2.05) is 30.3 Å². The van der Waals surface area contributed by atoms with Gasteiger partial charge in [-0.15, -0.1) is 0 Å². The summed E-state index contributed by atoms with van der Waals surface area (Å²) in [4.78, 5) is 29.8. The van der Waals surface area contributed by atoms with Gasteiger partial charge in [0.2, 0.25) is 5.91 Å². The first-order valence-electron chi connectivity index (χ1n) is 7.72. The molecule has 2 aromatic rings. The fraction of sp³-hybridized carbons (Fsp3) is 0.375. The van der Waals surface area contributed by atoms with Crippen LogP contribution >= 0.6 is 0 Å². The number of carbonyl (C=O) groups is 2. The topological polar surface area (TPSA) is 97.6 Å². The molecule has 8 heteroatoms. The minimum Gasteiger partial charge on any atom is -0.378 e. The van der Waals surface area contributed by atoms with Gasteiger partial charge in [-0.2, -0.15) is 4.98 Å². The molecule has 2 heterocycles. The Morgan fingerprint density at radius 2 is 1.92 bits per heavy atom. The lowest BCUT2D eigenvalue weighted by Crippen LogP contribution is -2.41. The Hall–Kier alpha value is -2.74. The summed E-state index contributed by atoms with van der Waals surface area (Å²) in [5.41, 5.74) is 0.966. The van der Waals surface area contributed by atoms with Gasteiger partial charge in [-0.1, -0.05) is 35.5 Å². The second-order valence-corrected chi connectivity index (χ2v) is 5.35. The highest BCUT2D eigenvalue weighted by molar-refractivity contribution is 5.89. The molecule has 0 atom stereocenters. The summed E-state index contributed by atoms with van der Waals surface area (Å²) in [5.74, 6) is -0.501. The molecule has 1 aliphatic rings. The van der Waals surface area contributed by atoms with Crippen molar-refractivity contribution in [2.75, 3.05) is 26.3 Å². The number of aromatic nitrogens is 2. The maximum atomic E-state index is 12.1. The molecule has 1 N–H and O–H groups in total. The lowest BCUT2D eigenvalue weighted by molar-refractivity contribution is -0.134. The molecule has 0 aliphatic carbocycles. The van der Waals surface area contributed by atoms with E-state index in [1.165, 1.54) is 0 Å². The molecule has 1 aromatic carbocycles. The molecule has 0 radical (unpaired) electrons. The zero-order chi connectivity index (χ0) is 16.8. The summed E-state index contributed by atoms with van der Waals surface area (Å²) in [6, 6.07) is 9.50. The zero-order valence-electron chi connectivity index (χ0n) is 13.1. The molecule has 1 aliphatic heterocycles. The zero-order valence-corrected chi connectivity index (χ0v) is 13.1. The first kappa shape index (κ1) is 16.1. The number of carbonyl (C=O) groups excluding carboxylic acids is 2. The van der Waals surface area contributed by atoms with Crippen LogP contribution < -0.4 is 5.32 Å². The van der Waals surface area contributed by atoms with Gasteiger partial charge in [0.15, 0.2) is 5.82 Å². The molecular formula is C16H18N4O4. The van der Waals surface area contributed by atoms with Gasteiger partial charge in [-0.25, -0.2) is 0 Å². The van der Waals surface area contributed by atoms with E-state index in [-0.39, 0.29) is 24.0 Å². The summed E-state index contributed by atoms with van der Waals surface area (Å²) < 4.78 is 10.1. The number of benzene rings is 1. The molecule has 8 nitrogen and oxygen atoms in total. The highest BCUT2D eigenvalue weighted by Gasteiger charge is 2.21. The molecule has 0 bridgehead atoms.